The van der Waals surface area contributed by atoms with E-state index < -0.39 is 0 Å². The van der Waals surface area contributed by atoms with Crippen molar-refractivity contribution in [1.29, 1.82) is 0 Å². The van der Waals surface area contributed by atoms with Crippen LogP contribution in [0.25, 0.3) is 0 Å². The monoisotopic (exact) mass is 283 g/mol. The van der Waals surface area contributed by atoms with E-state index >= 15 is 0 Å². The van der Waals surface area contributed by atoms with Crippen LogP contribution in [0.2, 0.25) is 0 Å². The van der Waals surface area contributed by atoms with Crippen LogP contribution in [-0.2, 0) is 5.41 Å². The third-order valence-corrected chi connectivity index (χ3v) is 4.39. The van der Waals surface area contributed by atoms with Gasteiger partial charge in [-0.3, -0.25) is 0 Å². The minimum Gasteiger partial charge on any atom is -0.497 e. The van der Waals surface area contributed by atoms with Gasteiger partial charge in [0, 0.05) is 11.1 Å². The maximum atomic E-state index is 5.36. The Morgan fingerprint density at radius 2 is 1.52 bits per heavy atom. The first-order chi connectivity index (χ1) is 10.1. The number of rotatable bonds is 3. The van der Waals surface area contributed by atoms with E-state index in [9.17, 15) is 0 Å². The molecule has 1 aliphatic heterocycles. The molecule has 110 valence electrons. The summed E-state index contributed by atoms with van der Waals surface area (Å²) in [5, 5.41) is 3.63. The lowest BCUT2D eigenvalue weighted by molar-refractivity contribution is 0.410. The molecule has 0 fully saturated rings. The van der Waals surface area contributed by atoms with Crippen LogP contribution in [0.3, 0.4) is 0 Å². The zero-order chi connectivity index (χ0) is 15.0. The lowest BCUT2D eigenvalue weighted by Crippen LogP contribution is -2.25. The van der Waals surface area contributed by atoms with E-state index in [-0.39, 0.29) is 11.5 Å². The van der Waals surface area contributed by atoms with Gasteiger partial charge in [0.25, 0.3) is 0 Å². The molecule has 3 rings (SSSR count). The predicted molar refractivity (Wildman–Crippen MR) is 85.4 cm³/mol. The van der Waals surface area contributed by atoms with Crippen molar-refractivity contribution < 1.29 is 9.47 Å². The summed E-state index contributed by atoms with van der Waals surface area (Å²) >= 11 is 0. The quantitative estimate of drug-likeness (QED) is 0.918. The fourth-order valence-corrected chi connectivity index (χ4v) is 3.10. The topological polar surface area (TPSA) is 30.5 Å². The molecule has 0 aromatic heterocycles. The summed E-state index contributed by atoms with van der Waals surface area (Å²) in [6.45, 7) is 4.53. The maximum Gasteiger partial charge on any atom is 0.119 e. The zero-order valence-electron chi connectivity index (χ0n) is 12.9. The fraction of sp³-hybridized carbons (Fsp3) is 0.333. The largest absolute Gasteiger partial charge is 0.497 e. The van der Waals surface area contributed by atoms with Gasteiger partial charge in [-0.25, -0.2) is 0 Å². The van der Waals surface area contributed by atoms with Crippen molar-refractivity contribution in [2.24, 2.45) is 0 Å². The van der Waals surface area contributed by atoms with Gasteiger partial charge in [-0.2, -0.15) is 0 Å². The SMILES string of the molecule is COc1ccc(C2Nc3ccc(OC)cc3C2(C)C)cc1. The van der Waals surface area contributed by atoms with Gasteiger partial charge < -0.3 is 14.8 Å². The lowest BCUT2D eigenvalue weighted by atomic mass is 9.78. The predicted octanol–water partition coefficient (Wildman–Crippen LogP) is 4.15. The number of ether oxygens (including phenoxy) is 2. The molecular weight excluding hydrogens is 262 g/mol. The van der Waals surface area contributed by atoms with E-state index in [1.165, 1.54) is 16.8 Å². The van der Waals surface area contributed by atoms with E-state index in [1.54, 1.807) is 14.2 Å². The first-order valence-electron chi connectivity index (χ1n) is 7.15. The highest BCUT2D eigenvalue weighted by Gasteiger charge is 2.40. The average molecular weight is 283 g/mol. The number of anilines is 1. The average Bonchev–Trinajstić information content (AvgIpc) is 2.78. The highest BCUT2D eigenvalue weighted by molar-refractivity contribution is 5.65. The summed E-state index contributed by atoms with van der Waals surface area (Å²) in [6.07, 6.45) is 0. The Labute approximate surface area is 125 Å². The molecule has 2 aromatic carbocycles. The van der Waals surface area contributed by atoms with Crippen LogP contribution in [0.5, 0.6) is 11.5 Å². The minimum absolute atomic E-state index is 0.00153. The van der Waals surface area contributed by atoms with Crippen LogP contribution < -0.4 is 14.8 Å². The van der Waals surface area contributed by atoms with E-state index in [1.807, 2.05) is 18.2 Å². The van der Waals surface area contributed by atoms with E-state index in [0.29, 0.717) is 0 Å². The minimum atomic E-state index is -0.00153. The van der Waals surface area contributed by atoms with Crippen LogP contribution in [0.4, 0.5) is 5.69 Å². The third kappa shape index (κ3) is 2.23. The smallest absolute Gasteiger partial charge is 0.119 e. The van der Waals surface area contributed by atoms with Crippen LogP contribution in [0.15, 0.2) is 42.5 Å². The van der Waals surface area contributed by atoms with Crippen molar-refractivity contribution in [2.75, 3.05) is 19.5 Å². The Bertz CT molecular complexity index is 647. The first kappa shape index (κ1) is 13.8. The van der Waals surface area contributed by atoms with E-state index in [4.69, 9.17) is 9.47 Å². The summed E-state index contributed by atoms with van der Waals surface area (Å²) in [6, 6.07) is 14.7. The van der Waals surface area contributed by atoms with Crippen molar-refractivity contribution in [2.45, 2.75) is 25.3 Å². The van der Waals surface area contributed by atoms with Gasteiger partial charge >= 0.3 is 0 Å². The molecule has 21 heavy (non-hydrogen) atoms. The highest BCUT2D eigenvalue weighted by atomic mass is 16.5. The molecule has 1 aliphatic rings. The Hall–Kier alpha value is -2.16. The van der Waals surface area contributed by atoms with Gasteiger partial charge in [0.05, 0.1) is 20.3 Å². The van der Waals surface area contributed by atoms with E-state index in [2.05, 4.69) is 43.4 Å². The number of hydrogen-bond donors (Lipinski definition) is 1. The molecular formula is C18H21NO2. The number of methoxy groups -OCH3 is 2. The Morgan fingerprint density at radius 3 is 2.14 bits per heavy atom. The van der Waals surface area contributed by atoms with Crippen LogP contribution in [0, 0.1) is 0 Å². The highest BCUT2D eigenvalue weighted by Crippen LogP contribution is 2.49. The molecule has 0 spiro atoms. The van der Waals surface area contributed by atoms with Gasteiger partial charge in [-0.15, -0.1) is 0 Å². The maximum absolute atomic E-state index is 5.36. The normalized spacial score (nSPS) is 18.8. The standard InChI is InChI=1S/C18H21NO2/c1-18(2)15-11-14(21-4)9-10-16(15)19-17(18)12-5-7-13(20-3)8-6-12/h5-11,17,19H,1-4H3. The summed E-state index contributed by atoms with van der Waals surface area (Å²) < 4.78 is 10.6. The second-order valence-corrected chi connectivity index (χ2v) is 5.98. The fourth-order valence-electron chi connectivity index (χ4n) is 3.10. The number of hydrogen-bond acceptors (Lipinski definition) is 3. The Morgan fingerprint density at radius 1 is 0.905 bits per heavy atom. The Balaban J connectivity index is 1.98. The molecule has 3 nitrogen and oxygen atoms in total. The summed E-state index contributed by atoms with van der Waals surface area (Å²) in [5.74, 6) is 1.78. The van der Waals surface area contributed by atoms with Gasteiger partial charge in [0.2, 0.25) is 0 Å². The molecule has 1 N–H and O–H groups in total. The molecule has 0 radical (unpaired) electrons. The Kier molecular flexibility index (Phi) is 3.28. The molecule has 1 unspecified atom stereocenters. The van der Waals surface area contributed by atoms with Crippen molar-refractivity contribution in [3.8, 4) is 11.5 Å². The molecule has 1 atom stereocenters. The molecule has 0 bridgehead atoms. The summed E-state index contributed by atoms with van der Waals surface area (Å²) in [7, 11) is 3.40. The third-order valence-electron chi connectivity index (χ3n) is 4.39. The summed E-state index contributed by atoms with van der Waals surface area (Å²) in [4.78, 5) is 0. The number of nitrogens with one attached hydrogen (secondary N) is 1. The lowest BCUT2D eigenvalue weighted by Gasteiger charge is -2.28. The van der Waals surface area contributed by atoms with Gasteiger partial charge in [-0.05, 0) is 41.5 Å². The molecule has 2 aromatic rings. The van der Waals surface area contributed by atoms with Crippen molar-refractivity contribution in [3.05, 3.63) is 53.6 Å². The molecule has 1 heterocycles. The molecule has 0 aliphatic carbocycles. The molecule has 0 saturated heterocycles. The molecule has 3 heteroatoms. The van der Waals surface area contributed by atoms with Crippen LogP contribution in [0.1, 0.15) is 31.0 Å². The van der Waals surface area contributed by atoms with E-state index in [0.717, 1.165) is 11.5 Å². The number of fused-ring (bicyclic) bond motifs is 1. The number of benzene rings is 2. The van der Waals surface area contributed by atoms with Gasteiger partial charge in [0.1, 0.15) is 11.5 Å². The van der Waals surface area contributed by atoms with Crippen LogP contribution >= 0.6 is 0 Å². The first-order valence-corrected chi connectivity index (χ1v) is 7.15. The molecule has 0 amide bonds. The van der Waals surface area contributed by atoms with Gasteiger partial charge in [-0.1, -0.05) is 26.0 Å². The van der Waals surface area contributed by atoms with Gasteiger partial charge in [0.15, 0.2) is 0 Å². The second-order valence-electron chi connectivity index (χ2n) is 5.98. The van der Waals surface area contributed by atoms with Crippen molar-refractivity contribution in [1.82, 2.24) is 0 Å². The summed E-state index contributed by atoms with van der Waals surface area (Å²) in [5.41, 5.74) is 3.73. The van der Waals surface area contributed by atoms with Crippen molar-refractivity contribution in [3.63, 3.8) is 0 Å². The van der Waals surface area contributed by atoms with Crippen molar-refractivity contribution >= 4 is 5.69 Å². The zero-order valence-corrected chi connectivity index (χ0v) is 12.9. The van der Waals surface area contributed by atoms with Crippen LogP contribution in [-0.4, -0.2) is 14.2 Å². The second kappa shape index (κ2) is 4.99. The molecule has 0 saturated carbocycles.